The number of rotatable bonds is 17. The fourth-order valence-electron chi connectivity index (χ4n) is 11.0. The lowest BCUT2D eigenvalue weighted by Crippen LogP contribution is -2.53. The standard InChI is InChI=1S/C58H69N13O9S2/c1-66(2)29-30-78-48-19-17-47(18-20-48)71(57(72)62-41-9-5-39(6-10-41)55-60-43(37-81(3,74)75)31-53(64-55)68-33-49-21-22-50(34-68)79-49)70(58(73)63-42-11-15-45(16-12-42)67-27-25-59-26-28-67)46-13-7-40(8-14-46)56-61-44(38-82(4,76)77)32-54(65-56)69-35-51-23-24-52(36-69)80-51/h5-20,31-32,49-52,59H,21-30,33-38H2,1-4H3,(H,62,72)(H,63,73). The normalized spacial score (nSPS) is 19.7. The van der Waals surface area contributed by atoms with Crippen molar-refractivity contribution in [1.82, 2.24) is 30.2 Å². The van der Waals surface area contributed by atoms with Crippen LogP contribution >= 0.6 is 0 Å². The Morgan fingerprint density at radius 2 is 1.00 bits per heavy atom. The number of nitrogens with zero attached hydrogens (tertiary/aromatic N) is 10. The average Bonchev–Trinajstić information content (AvgIpc) is 4.10. The van der Waals surface area contributed by atoms with Crippen molar-refractivity contribution in [3.63, 3.8) is 0 Å². The Kier molecular flexibility index (Phi) is 16.6. The Labute approximate surface area is 478 Å². The molecule has 2 aromatic heterocycles. The lowest BCUT2D eigenvalue weighted by molar-refractivity contribution is 0.0300. The lowest BCUT2D eigenvalue weighted by Gasteiger charge is -2.35. The van der Waals surface area contributed by atoms with Crippen molar-refractivity contribution in [2.45, 2.75) is 61.6 Å². The maximum atomic E-state index is 15.3. The number of anilines is 7. The zero-order chi connectivity index (χ0) is 57.1. The van der Waals surface area contributed by atoms with E-state index in [-0.39, 0.29) is 41.6 Å². The van der Waals surface area contributed by atoms with Crippen molar-refractivity contribution in [3.8, 4) is 28.5 Å². The van der Waals surface area contributed by atoms with Gasteiger partial charge in [0.2, 0.25) is 0 Å². The number of sulfone groups is 2. The molecular weight excluding hydrogens is 1090 g/mol. The molecule has 5 saturated heterocycles. The van der Waals surface area contributed by atoms with E-state index in [2.05, 4.69) is 30.7 Å². The minimum absolute atomic E-state index is 0.0559. The first-order chi connectivity index (χ1) is 39.4. The summed E-state index contributed by atoms with van der Waals surface area (Å²) in [6.45, 7) is 6.98. The van der Waals surface area contributed by atoms with Crippen molar-refractivity contribution in [1.29, 1.82) is 0 Å². The molecule has 5 aliphatic rings. The fraction of sp³-hybridized carbons (Fsp3) is 0.414. The number of likely N-dealkylation sites (N-methyl/N-ethyl adjacent to an activating group) is 1. The number of carbonyl (C=O) groups excluding carboxylic acids is 2. The van der Waals surface area contributed by atoms with Crippen LogP contribution in [0.1, 0.15) is 37.1 Å². The first-order valence-corrected chi connectivity index (χ1v) is 31.8. The number of carbonyl (C=O) groups is 2. The molecule has 432 valence electrons. The van der Waals surface area contributed by atoms with Gasteiger partial charge in [-0.15, -0.1) is 0 Å². The number of aromatic nitrogens is 4. The van der Waals surface area contributed by atoms with Gasteiger partial charge >= 0.3 is 12.1 Å². The van der Waals surface area contributed by atoms with Gasteiger partial charge in [0.1, 0.15) is 24.0 Å². The quantitative estimate of drug-likeness (QED) is 0.0830. The summed E-state index contributed by atoms with van der Waals surface area (Å²) in [7, 11) is -3.00. The highest BCUT2D eigenvalue weighted by Crippen LogP contribution is 2.35. The molecule has 4 unspecified atom stereocenters. The molecule has 0 aliphatic carbocycles. The fourth-order valence-corrected chi connectivity index (χ4v) is 12.4. The van der Waals surface area contributed by atoms with Gasteiger partial charge in [-0.2, -0.15) is 10.0 Å². The van der Waals surface area contributed by atoms with E-state index in [4.69, 9.17) is 34.1 Å². The second-order valence-corrected chi connectivity index (χ2v) is 26.3. The molecule has 5 fully saturated rings. The van der Waals surface area contributed by atoms with Gasteiger partial charge in [0.15, 0.2) is 31.3 Å². The predicted octanol–water partition coefficient (Wildman–Crippen LogP) is 6.47. The van der Waals surface area contributed by atoms with E-state index in [0.717, 1.165) is 57.5 Å². The van der Waals surface area contributed by atoms with Crippen LogP contribution in [0.15, 0.2) is 109 Å². The number of nitrogens with one attached hydrogen (secondary N) is 3. The topological polar surface area (TPSA) is 237 Å². The van der Waals surface area contributed by atoms with Gasteiger partial charge < -0.3 is 49.8 Å². The summed E-state index contributed by atoms with van der Waals surface area (Å²) >= 11 is 0. The third-order valence-electron chi connectivity index (χ3n) is 14.9. The molecular formula is C58H69N13O9S2. The molecule has 4 atom stereocenters. The molecule has 6 aromatic rings. The van der Waals surface area contributed by atoms with Crippen LogP contribution < -0.4 is 45.4 Å². The van der Waals surface area contributed by atoms with Crippen LogP contribution in [-0.4, -0.2) is 170 Å². The van der Waals surface area contributed by atoms with Gasteiger partial charge in [-0.3, -0.25) is 0 Å². The van der Waals surface area contributed by atoms with Crippen LogP contribution in [0.4, 0.5) is 49.7 Å². The van der Waals surface area contributed by atoms with E-state index in [1.165, 1.54) is 22.5 Å². The molecule has 82 heavy (non-hydrogen) atoms. The monoisotopic (exact) mass is 1160 g/mol. The smallest absolute Gasteiger partial charge is 0.345 e. The van der Waals surface area contributed by atoms with Crippen molar-refractivity contribution < 1.29 is 40.6 Å². The van der Waals surface area contributed by atoms with E-state index in [1.54, 1.807) is 84.9 Å². The van der Waals surface area contributed by atoms with E-state index in [1.807, 2.05) is 43.3 Å². The highest BCUT2D eigenvalue weighted by Gasteiger charge is 2.37. The molecule has 4 aromatic carbocycles. The number of benzene rings is 4. The summed E-state index contributed by atoms with van der Waals surface area (Å²) in [6.07, 6.45) is 6.40. The first-order valence-electron chi connectivity index (χ1n) is 27.7. The van der Waals surface area contributed by atoms with E-state index < -0.39 is 31.7 Å². The molecule has 4 amide bonds. The number of morpholine rings is 2. The number of urea groups is 2. The van der Waals surface area contributed by atoms with E-state index >= 15 is 9.59 Å². The molecule has 7 heterocycles. The van der Waals surface area contributed by atoms with Crippen LogP contribution in [-0.2, 0) is 40.7 Å². The summed E-state index contributed by atoms with van der Waals surface area (Å²) in [6, 6.07) is 30.3. The van der Waals surface area contributed by atoms with E-state index in [9.17, 15) is 16.8 Å². The maximum absolute atomic E-state index is 15.3. The predicted molar refractivity (Wildman–Crippen MR) is 317 cm³/mol. The molecule has 0 saturated carbocycles. The van der Waals surface area contributed by atoms with Crippen LogP contribution in [0.2, 0.25) is 0 Å². The molecule has 22 nitrogen and oxygen atoms in total. The van der Waals surface area contributed by atoms with Crippen molar-refractivity contribution in [2.75, 3.05) is 127 Å². The number of fused-ring (bicyclic) bond motifs is 4. The molecule has 11 rings (SSSR count). The second kappa shape index (κ2) is 24.2. The van der Waals surface area contributed by atoms with Crippen LogP contribution in [0, 0.1) is 0 Å². The van der Waals surface area contributed by atoms with Gasteiger partial charge in [-0.1, -0.05) is 0 Å². The Morgan fingerprint density at radius 3 is 1.43 bits per heavy atom. The zero-order valence-electron chi connectivity index (χ0n) is 46.5. The minimum atomic E-state index is -3.47. The Morgan fingerprint density at radius 1 is 0.585 bits per heavy atom. The van der Waals surface area contributed by atoms with Crippen LogP contribution in [0.3, 0.4) is 0 Å². The molecule has 5 aliphatic heterocycles. The zero-order valence-corrected chi connectivity index (χ0v) is 48.1. The van der Waals surface area contributed by atoms with Gasteiger partial charge in [-0.05, 0) is 137 Å². The van der Waals surface area contributed by atoms with Crippen LogP contribution in [0.25, 0.3) is 22.8 Å². The highest BCUT2D eigenvalue weighted by molar-refractivity contribution is 7.90. The van der Waals surface area contributed by atoms with Crippen LogP contribution in [0.5, 0.6) is 5.75 Å². The number of hydrazine groups is 1. The Hall–Kier alpha value is -7.48. The summed E-state index contributed by atoms with van der Waals surface area (Å²) in [5.74, 6) is 1.83. The number of hydrogen-bond acceptors (Lipinski definition) is 18. The molecule has 24 heteroatoms. The lowest BCUT2D eigenvalue weighted by atomic mass is 10.1. The minimum Gasteiger partial charge on any atom is -0.492 e. The third-order valence-corrected chi connectivity index (χ3v) is 16.6. The second-order valence-electron chi connectivity index (χ2n) is 22.0. The summed E-state index contributed by atoms with van der Waals surface area (Å²) in [4.78, 5) is 58.4. The maximum Gasteiger partial charge on any atom is 0.345 e. The summed E-state index contributed by atoms with van der Waals surface area (Å²) < 4.78 is 68.7. The summed E-state index contributed by atoms with van der Waals surface area (Å²) in [5, 5.41) is 11.9. The van der Waals surface area contributed by atoms with Crippen molar-refractivity contribution in [3.05, 3.63) is 121 Å². The van der Waals surface area contributed by atoms with E-state index in [0.29, 0.717) is 108 Å². The molecule has 3 N–H and O–H groups in total. The van der Waals surface area contributed by atoms with Crippen molar-refractivity contribution in [2.24, 2.45) is 0 Å². The Bertz CT molecular complexity index is 3460. The average molecular weight is 1160 g/mol. The number of ether oxygens (including phenoxy) is 3. The molecule has 0 spiro atoms. The Balaban J connectivity index is 0.942. The SMILES string of the molecule is CN(C)CCOc1ccc(N(C(=O)Nc2ccc(-c3nc(CS(C)(=O)=O)cc(N4CC5CCC(C4)O5)n3)cc2)N(C(=O)Nc2ccc(N3CCNCC3)cc2)c2ccc(-c3nc(CS(C)(=O)=O)cc(N4CC5CCC(C4)O5)n3)cc2)cc1. The first kappa shape index (κ1) is 56.4. The van der Waals surface area contributed by atoms with Gasteiger partial charge in [-0.25, -0.2) is 46.4 Å². The highest BCUT2D eigenvalue weighted by atomic mass is 32.2. The summed E-state index contributed by atoms with van der Waals surface area (Å²) in [5.41, 5.74) is 4.30. The molecule has 4 bridgehead atoms. The van der Waals surface area contributed by atoms with Gasteiger partial charge in [0.25, 0.3) is 0 Å². The molecule has 0 radical (unpaired) electrons. The number of piperazine rings is 1. The number of hydrogen-bond donors (Lipinski definition) is 3. The van der Waals surface area contributed by atoms with Gasteiger partial charge in [0.05, 0.1) is 58.7 Å². The largest absolute Gasteiger partial charge is 0.492 e. The van der Waals surface area contributed by atoms with Crippen molar-refractivity contribution >= 4 is 71.8 Å². The third kappa shape index (κ3) is 14.0. The van der Waals surface area contributed by atoms with Gasteiger partial charge in [0, 0.05) is 112 Å². The number of amides is 4.